The average Bonchev–Trinajstić information content (AvgIpc) is 2.76. The van der Waals surface area contributed by atoms with E-state index in [0.29, 0.717) is 25.6 Å². The molecule has 1 saturated carbocycles. The number of hydrogen-bond acceptors (Lipinski definition) is 5. The first-order valence-electron chi connectivity index (χ1n) is 12.1. The van der Waals surface area contributed by atoms with Crippen LogP contribution in [0, 0.1) is 5.92 Å². The highest BCUT2D eigenvalue weighted by molar-refractivity contribution is 6.76. The molecule has 6 nitrogen and oxygen atoms in total. The molecule has 0 bridgehead atoms. The molecule has 0 saturated heterocycles. The van der Waals surface area contributed by atoms with E-state index in [1.54, 1.807) is 6.92 Å². The lowest BCUT2D eigenvalue weighted by Gasteiger charge is -2.31. The molecule has 0 aromatic heterocycles. The molecule has 2 N–H and O–H groups in total. The first-order chi connectivity index (χ1) is 15.2. The fourth-order valence-electron chi connectivity index (χ4n) is 4.06. The van der Waals surface area contributed by atoms with Crippen LogP contribution in [0.2, 0.25) is 25.7 Å². The third-order valence-electron chi connectivity index (χ3n) is 6.22. The molecule has 1 aromatic carbocycles. The van der Waals surface area contributed by atoms with E-state index < -0.39 is 26.2 Å². The number of benzene rings is 1. The van der Waals surface area contributed by atoms with E-state index >= 15 is 0 Å². The van der Waals surface area contributed by atoms with Crippen LogP contribution < -0.4 is 5.84 Å². The molecule has 2 atom stereocenters. The van der Waals surface area contributed by atoms with Gasteiger partial charge in [-0.05, 0) is 30.9 Å². The van der Waals surface area contributed by atoms with E-state index in [2.05, 4.69) is 19.6 Å². The summed E-state index contributed by atoms with van der Waals surface area (Å²) in [7, 11) is -1.35. The second kappa shape index (κ2) is 13.1. The molecule has 180 valence electrons. The molecule has 2 rings (SSSR count). The summed E-state index contributed by atoms with van der Waals surface area (Å²) in [6, 6.07) is 9.65. The normalized spacial score (nSPS) is 16.9. The maximum atomic E-state index is 13.0. The van der Waals surface area contributed by atoms with Crippen molar-refractivity contribution in [3.63, 3.8) is 0 Å². The molecule has 1 unspecified atom stereocenters. The largest absolute Gasteiger partial charge is 0.464 e. The van der Waals surface area contributed by atoms with Crippen molar-refractivity contribution in [2.75, 3.05) is 6.61 Å². The molecule has 1 aliphatic rings. The van der Waals surface area contributed by atoms with E-state index in [9.17, 15) is 9.59 Å². The third kappa shape index (κ3) is 9.43. The van der Waals surface area contributed by atoms with Gasteiger partial charge in [-0.15, -0.1) is 0 Å². The minimum Gasteiger partial charge on any atom is -0.464 e. The zero-order valence-electron chi connectivity index (χ0n) is 20.3. The highest BCUT2D eigenvalue weighted by Crippen LogP contribution is 2.27. The number of ether oxygens (including phenoxy) is 2. The Labute approximate surface area is 194 Å². The number of carbonyl (C=O) groups excluding carboxylic acids is 2. The summed E-state index contributed by atoms with van der Waals surface area (Å²) in [5.74, 6) is 6.08. The van der Waals surface area contributed by atoms with Crippen molar-refractivity contribution in [1.29, 1.82) is 0 Å². The highest BCUT2D eigenvalue weighted by atomic mass is 28.3. The summed E-state index contributed by atoms with van der Waals surface area (Å²) in [6.07, 6.45) is 6.71. The highest BCUT2D eigenvalue weighted by Gasteiger charge is 2.35. The van der Waals surface area contributed by atoms with Crippen LogP contribution in [0.15, 0.2) is 30.3 Å². The van der Waals surface area contributed by atoms with Crippen molar-refractivity contribution in [3.8, 4) is 0 Å². The van der Waals surface area contributed by atoms with Crippen LogP contribution >= 0.6 is 0 Å². The molecule has 0 radical (unpaired) electrons. The van der Waals surface area contributed by atoms with Gasteiger partial charge >= 0.3 is 5.97 Å². The van der Waals surface area contributed by atoms with Gasteiger partial charge in [0.1, 0.15) is 0 Å². The second-order valence-corrected chi connectivity index (χ2v) is 15.9. The van der Waals surface area contributed by atoms with Crippen molar-refractivity contribution in [2.45, 2.75) is 96.3 Å². The van der Waals surface area contributed by atoms with Gasteiger partial charge in [-0.25, -0.2) is 10.6 Å². The lowest BCUT2D eigenvalue weighted by molar-refractivity contribution is -0.162. The molecule has 1 amide bonds. The number of hydrogen-bond donors (Lipinski definition) is 1. The molecular weight excluding hydrogens is 420 g/mol. The van der Waals surface area contributed by atoms with Crippen LogP contribution in [0.1, 0.15) is 57.4 Å². The Kier molecular flexibility index (Phi) is 10.9. The maximum absolute atomic E-state index is 13.0. The van der Waals surface area contributed by atoms with Gasteiger partial charge in [0.2, 0.25) is 5.91 Å². The fourth-order valence-corrected chi connectivity index (χ4v) is 4.77. The maximum Gasteiger partial charge on any atom is 0.333 e. The quantitative estimate of drug-likeness (QED) is 0.157. The minimum absolute atomic E-state index is 0.224. The monoisotopic (exact) mass is 462 g/mol. The molecular formula is C25H42N2O4Si. The average molecular weight is 463 g/mol. The smallest absolute Gasteiger partial charge is 0.333 e. The van der Waals surface area contributed by atoms with Crippen molar-refractivity contribution >= 4 is 20.0 Å². The van der Waals surface area contributed by atoms with Gasteiger partial charge in [0.15, 0.2) is 6.04 Å². The number of amides is 1. The van der Waals surface area contributed by atoms with Crippen LogP contribution in [0.25, 0.3) is 0 Å². The van der Waals surface area contributed by atoms with Gasteiger partial charge < -0.3 is 9.47 Å². The molecule has 0 heterocycles. The molecule has 1 fully saturated rings. The molecule has 32 heavy (non-hydrogen) atoms. The fraction of sp³-hybridized carbons (Fsp3) is 0.680. The Morgan fingerprint density at radius 2 is 1.78 bits per heavy atom. The summed E-state index contributed by atoms with van der Waals surface area (Å²) in [5, 5.41) is 1.06. The zero-order chi connectivity index (χ0) is 23.6. The molecule has 1 aromatic rings. The summed E-state index contributed by atoms with van der Waals surface area (Å²) in [6.45, 7) is 9.16. The van der Waals surface area contributed by atoms with Crippen LogP contribution in [0.5, 0.6) is 0 Å². The van der Waals surface area contributed by atoms with Crippen LogP contribution in [-0.2, 0) is 25.7 Å². The number of esters is 1. The van der Waals surface area contributed by atoms with Gasteiger partial charge in [-0.3, -0.25) is 9.80 Å². The Morgan fingerprint density at radius 3 is 2.41 bits per heavy atom. The van der Waals surface area contributed by atoms with Crippen molar-refractivity contribution in [3.05, 3.63) is 35.9 Å². The lowest BCUT2D eigenvalue weighted by Crippen LogP contribution is -2.55. The minimum atomic E-state index is -1.35. The molecule has 7 heteroatoms. The van der Waals surface area contributed by atoms with E-state index in [1.807, 2.05) is 30.3 Å². The van der Waals surface area contributed by atoms with Crippen molar-refractivity contribution in [2.24, 2.45) is 11.8 Å². The molecule has 0 spiro atoms. The number of carbonyl (C=O) groups is 2. The van der Waals surface area contributed by atoms with Gasteiger partial charge in [-0.1, -0.05) is 82.1 Å². The summed E-state index contributed by atoms with van der Waals surface area (Å²) >= 11 is 0. The summed E-state index contributed by atoms with van der Waals surface area (Å²) < 4.78 is 11.5. The Bertz CT molecular complexity index is 702. The predicted octanol–water partition coefficient (Wildman–Crippen LogP) is 4.90. The van der Waals surface area contributed by atoms with Gasteiger partial charge in [0.25, 0.3) is 0 Å². The van der Waals surface area contributed by atoms with E-state index in [4.69, 9.17) is 15.3 Å². The van der Waals surface area contributed by atoms with Crippen LogP contribution in [0.4, 0.5) is 0 Å². The SMILES string of the molecule is CC(OCc1ccccc1)[C@H](C(=O)OCC[Si](C)(C)C)N(N)C(=O)CCC1CCCCC1. The first kappa shape index (κ1) is 26.5. The van der Waals surface area contributed by atoms with Crippen LogP contribution in [-0.4, -0.2) is 43.7 Å². The lowest BCUT2D eigenvalue weighted by atomic mass is 9.86. The second-order valence-electron chi connectivity index (χ2n) is 10.3. The molecule has 1 aliphatic carbocycles. The summed E-state index contributed by atoms with van der Waals surface area (Å²) in [4.78, 5) is 25.9. The van der Waals surface area contributed by atoms with E-state index in [0.717, 1.165) is 23.0 Å². The number of rotatable bonds is 12. The standard InChI is InChI=1S/C25H42N2O4Si/c1-20(31-19-22-13-9-6-10-14-22)24(25(29)30-17-18-32(2,3)4)27(26)23(28)16-15-21-11-7-5-8-12-21/h6,9-10,13-14,20-21,24H,5,7-8,11-12,15-19,26H2,1-4H3/t20?,24-/m1/s1. The Hall–Kier alpha value is -1.70. The van der Waals surface area contributed by atoms with E-state index in [1.165, 1.54) is 32.1 Å². The number of nitrogens with two attached hydrogens (primary N) is 1. The zero-order valence-corrected chi connectivity index (χ0v) is 21.3. The first-order valence-corrected chi connectivity index (χ1v) is 15.8. The number of hydrazine groups is 1. The van der Waals surface area contributed by atoms with Crippen molar-refractivity contribution in [1.82, 2.24) is 5.01 Å². The van der Waals surface area contributed by atoms with Gasteiger partial charge in [0.05, 0.1) is 19.3 Å². The van der Waals surface area contributed by atoms with Crippen molar-refractivity contribution < 1.29 is 19.1 Å². The Balaban J connectivity index is 1.99. The summed E-state index contributed by atoms with van der Waals surface area (Å²) in [5.41, 5.74) is 0.998. The molecule has 0 aliphatic heterocycles. The van der Waals surface area contributed by atoms with E-state index in [-0.39, 0.29) is 5.91 Å². The van der Waals surface area contributed by atoms with Gasteiger partial charge in [0, 0.05) is 14.5 Å². The Morgan fingerprint density at radius 1 is 1.12 bits per heavy atom. The predicted molar refractivity (Wildman–Crippen MR) is 130 cm³/mol. The van der Waals surface area contributed by atoms with Gasteiger partial charge in [-0.2, -0.15) is 0 Å². The number of nitrogens with zero attached hydrogens (tertiary/aromatic N) is 1. The van der Waals surface area contributed by atoms with Crippen LogP contribution in [0.3, 0.4) is 0 Å². The third-order valence-corrected chi connectivity index (χ3v) is 7.92. The topological polar surface area (TPSA) is 81.9 Å².